The van der Waals surface area contributed by atoms with Gasteiger partial charge in [-0.3, -0.25) is 0 Å². The number of rotatable bonds is 11. The van der Waals surface area contributed by atoms with Crippen molar-refractivity contribution in [3.8, 4) is 0 Å². The highest BCUT2D eigenvalue weighted by molar-refractivity contribution is 9.11. The van der Waals surface area contributed by atoms with Crippen molar-refractivity contribution in [3.05, 3.63) is 50.9 Å². The summed E-state index contributed by atoms with van der Waals surface area (Å²) in [7, 11) is 0. The summed E-state index contributed by atoms with van der Waals surface area (Å²) in [5.41, 5.74) is 1.20. The van der Waals surface area contributed by atoms with Gasteiger partial charge in [0.25, 0.3) is 0 Å². The number of benzene rings is 1. The Morgan fingerprint density at radius 2 is 1.87 bits per heavy atom. The topological polar surface area (TPSA) is 40.6 Å². The molecule has 2 aromatic rings. The Balaban J connectivity index is 1.44. The Labute approximate surface area is 149 Å². The average Bonchev–Trinajstić information content (AvgIpc) is 2.98. The minimum absolute atomic E-state index is 0.184. The Morgan fingerprint density at radius 3 is 2.61 bits per heavy atom. The molecule has 0 amide bonds. The lowest BCUT2D eigenvalue weighted by molar-refractivity contribution is 0.00442. The predicted octanol–water partition coefficient (Wildman–Crippen LogP) is 4.43. The van der Waals surface area contributed by atoms with Crippen molar-refractivity contribution in [2.45, 2.75) is 32.7 Å². The molecule has 1 atom stereocenters. The second-order valence-corrected chi connectivity index (χ2v) is 7.61. The Hall–Kier alpha value is -0.790. The first-order chi connectivity index (χ1) is 11.2. The second kappa shape index (κ2) is 10.9. The summed E-state index contributed by atoms with van der Waals surface area (Å²) >= 11 is 4.97. The second-order valence-electron chi connectivity index (χ2n) is 5.12. The third-order valence-electron chi connectivity index (χ3n) is 3.17. The van der Waals surface area contributed by atoms with Gasteiger partial charge in [0, 0.05) is 6.61 Å². The van der Waals surface area contributed by atoms with Crippen LogP contribution in [-0.2, 0) is 27.4 Å². The first kappa shape index (κ1) is 18.5. The molecule has 0 saturated heterocycles. The molecular formula is C17H22BrNO3S. The van der Waals surface area contributed by atoms with Crippen molar-refractivity contribution in [2.75, 3.05) is 19.8 Å². The largest absolute Gasteiger partial charge is 0.379 e. The van der Waals surface area contributed by atoms with Crippen LogP contribution in [0.1, 0.15) is 23.9 Å². The van der Waals surface area contributed by atoms with Gasteiger partial charge in [-0.15, -0.1) is 11.3 Å². The summed E-state index contributed by atoms with van der Waals surface area (Å²) < 4.78 is 17.9. The van der Waals surface area contributed by atoms with E-state index in [0.717, 1.165) is 15.2 Å². The van der Waals surface area contributed by atoms with Crippen LogP contribution in [-0.4, -0.2) is 30.9 Å². The van der Waals surface area contributed by atoms with Crippen LogP contribution in [0.15, 0.2) is 40.3 Å². The van der Waals surface area contributed by atoms with Gasteiger partial charge in [0.1, 0.15) is 5.01 Å². The quantitative estimate of drug-likeness (QED) is 0.523. The number of hydrogen-bond acceptors (Lipinski definition) is 5. The molecule has 23 heavy (non-hydrogen) atoms. The fraction of sp³-hybridized carbons (Fsp3) is 0.471. The van der Waals surface area contributed by atoms with Crippen molar-refractivity contribution in [1.82, 2.24) is 4.98 Å². The normalized spacial score (nSPS) is 12.4. The summed E-state index contributed by atoms with van der Waals surface area (Å²) in [5, 5.41) is 0.972. The highest BCUT2D eigenvalue weighted by Gasteiger charge is 2.03. The van der Waals surface area contributed by atoms with Gasteiger partial charge in [-0.05, 0) is 34.8 Å². The van der Waals surface area contributed by atoms with E-state index in [1.165, 1.54) is 5.56 Å². The van der Waals surface area contributed by atoms with Crippen molar-refractivity contribution >= 4 is 27.3 Å². The molecule has 1 aromatic carbocycles. The first-order valence-corrected chi connectivity index (χ1v) is 9.26. The summed E-state index contributed by atoms with van der Waals surface area (Å²) in [6.07, 6.45) is 2.85. The number of hydrogen-bond donors (Lipinski definition) is 0. The molecule has 4 nitrogen and oxygen atoms in total. The van der Waals surface area contributed by atoms with Gasteiger partial charge < -0.3 is 14.2 Å². The van der Waals surface area contributed by atoms with Crippen LogP contribution < -0.4 is 0 Å². The van der Waals surface area contributed by atoms with Gasteiger partial charge >= 0.3 is 0 Å². The SMILES string of the molecule is C[C@H](CCOCCOCc1ncc(Br)s1)OCc1ccccc1. The molecule has 0 fully saturated rings. The molecule has 2 rings (SSSR count). The minimum atomic E-state index is 0.184. The van der Waals surface area contributed by atoms with Gasteiger partial charge in [-0.2, -0.15) is 0 Å². The van der Waals surface area contributed by atoms with E-state index in [2.05, 4.69) is 40.0 Å². The van der Waals surface area contributed by atoms with Crippen LogP contribution in [0.25, 0.3) is 0 Å². The zero-order valence-electron chi connectivity index (χ0n) is 13.2. The summed E-state index contributed by atoms with van der Waals surface area (Å²) in [6, 6.07) is 10.2. The number of thiazole rings is 1. The van der Waals surface area contributed by atoms with E-state index in [0.29, 0.717) is 33.0 Å². The van der Waals surface area contributed by atoms with E-state index < -0.39 is 0 Å². The minimum Gasteiger partial charge on any atom is -0.379 e. The van der Waals surface area contributed by atoms with Crippen molar-refractivity contribution in [2.24, 2.45) is 0 Å². The molecule has 0 radical (unpaired) electrons. The standard InChI is InChI=1S/C17H22BrNO3S/c1-14(22-12-15-5-3-2-4-6-15)7-8-20-9-10-21-13-17-19-11-16(18)23-17/h2-6,11,14H,7-10,12-13H2,1H3/t14-/m1/s1. The van der Waals surface area contributed by atoms with E-state index in [1.807, 2.05) is 18.2 Å². The van der Waals surface area contributed by atoms with Gasteiger partial charge in [-0.1, -0.05) is 30.3 Å². The maximum absolute atomic E-state index is 5.79. The number of nitrogens with zero attached hydrogens (tertiary/aromatic N) is 1. The predicted molar refractivity (Wildman–Crippen MR) is 95.6 cm³/mol. The van der Waals surface area contributed by atoms with Crippen LogP contribution in [0, 0.1) is 0 Å². The fourth-order valence-electron chi connectivity index (χ4n) is 1.88. The third kappa shape index (κ3) is 8.04. The molecule has 0 saturated carbocycles. The van der Waals surface area contributed by atoms with Crippen LogP contribution in [0.5, 0.6) is 0 Å². The lowest BCUT2D eigenvalue weighted by Gasteiger charge is -2.13. The van der Waals surface area contributed by atoms with Crippen molar-refractivity contribution in [3.63, 3.8) is 0 Å². The maximum atomic E-state index is 5.79. The molecular weight excluding hydrogens is 378 g/mol. The van der Waals surface area contributed by atoms with Gasteiger partial charge in [-0.25, -0.2) is 4.98 Å². The highest BCUT2D eigenvalue weighted by Crippen LogP contribution is 2.19. The van der Waals surface area contributed by atoms with Gasteiger partial charge in [0.05, 0.1) is 42.5 Å². The molecule has 0 bridgehead atoms. The Morgan fingerprint density at radius 1 is 1.09 bits per heavy atom. The average molecular weight is 400 g/mol. The maximum Gasteiger partial charge on any atom is 0.119 e. The summed E-state index contributed by atoms with van der Waals surface area (Å²) in [6.45, 7) is 5.12. The molecule has 0 aliphatic rings. The molecule has 1 aromatic heterocycles. The smallest absolute Gasteiger partial charge is 0.119 e. The van der Waals surface area contributed by atoms with Crippen molar-refractivity contribution in [1.29, 1.82) is 0 Å². The Kier molecular flexibility index (Phi) is 8.78. The molecule has 0 N–H and O–H groups in total. The highest BCUT2D eigenvalue weighted by atomic mass is 79.9. The summed E-state index contributed by atoms with van der Waals surface area (Å²) in [5.74, 6) is 0. The zero-order chi connectivity index (χ0) is 16.3. The molecule has 0 aliphatic heterocycles. The number of halogens is 1. The molecule has 6 heteroatoms. The van der Waals surface area contributed by atoms with Gasteiger partial charge in [0.15, 0.2) is 0 Å². The van der Waals surface area contributed by atoms with E-state index in [9.17, 15) is 0 Å². The van der Waals surface area contributed by atoms with Crippen molar-refractivity contribution < 1.29 is 14.2 Å². The van der Waals surface area contributed by atoms with Crippen LogP contribution in [0.4, 0.5) is 0 Å². The lowest BCUT2D eigenvalue weighted by Crippen LogP contribution is -2.13. The molecule has 0 unspecified atom stereocenters. The van der Waals surface area contributed by atoms with E-state index in [-0.39, 0.29) is 6.10 Å². The van der Waals surface area contributed by atoms with Gasteiger partial charge in [0.2, 0.25) is 0 Å². The van der Waals surface area contributed by atoms with Crippen LogP contribution in [0.3, 0.4) is 0 Å². The zero-order valence-corrected chi connectivity index (χ0v) is 15.6. The first-order valence-electron chi connectivity index (χ1n) is 7.65. The molecule has 0 aliphatic carbocycles. The number of ether oxygens (including phenoxy) is 3. The van der Waals surface area contributed by atoms with E-state index >= 15 is 0 Å². The fourth-order valence-corrected chi connectivity index (χ4v) is 3.12. The lowest BCUT2D eigenvalue weighted by atomic mass is 10.2. The monoisotopic (exact) mass is 399 g/mol. The van der Waals surface area contributed by atoms with E-state index in [4.69, 9.17) is 14.2 Å². The van der Waals surface area contributed by atoms with Crippen LogP contribution in [0.2, 0.25) is 0 Å². The van der Waals surface area contributed by atoms with E-state index in [1.54, 1.807) is 17.5 Å². The molecule has 0 spiro atoms. The third-order valence-corrected chi connectivity index (χ3v) is 4.62. The Bertz CT molecular complexity index is 550. The molecule has 1 heterocycles. The number of aromatic nitrogens is 1. The van der Waals surface area contributed by atoms with Crippen LogP contribution >= 0.6 is 27.3 Å². The molecule has 126 valence electrons. The summed E-state index contributed by atoms with van der Waals surface area (Å²) in [4.78, 5) is 4.21.